The molecule has 0 spiro atoms. The number of nitrogens with one attached hydrogen (secondary N) is 1. The highest BCUT2D eigenvalue weighted by Gasteiger charge is 2.40. The van der Waals surface area contributed by atoms with Crippen molar-refractivity contribution in [1.82, 2.24) is 0 Å². The number of hydrogen-bond acceptors (Lipinski definition) is 4. The summed E-state index contributed by atoms with van der Waals surface area (Å²) in [7, 11) is 0. The van der Waals surface area contributed by atoms with E-state index in [-0.39, 0.29) is 11.3 Å². The third-order valence-corrected chi connectivity index (χ3v) is 5.75. The van der Waals surface area contributed by atoms with Gasteiger partial charge in [-0.15, -0.1) is 11.3 Å². The number of carbonyl (C=O) groups excluding carboxylic acids is 1. The SMILES string of the molecule is CCC(=O)c1sc(NC(C)(C)C2CC2)c(C2CC2)c1N. The van der Waals surface area contributed by atoms with Gasteiger partial charge in [-0.2, -0.15) is 0 Å². The van der Waals surface area contributed by atoms with E-state index in [2.05, 4.69) is 19.2 Å². The lowest BCUT2D eigenvalue weighted by molar-refractivity contribution is 0.0993. The first-order valence-corrected chi connectivity index (χ1v) is 8.49. The van der Waals surface area contributed by atoms with Crippen molar-refractivity contribution < 1.29 is 4.79 Å². The van der Waals surface area contributed by atoms with Crippen LogP contribution in [-0.2, 0) is 0 Å². The minimum absolute atomic E-state index is 0.105. The third kappa shape index (κ3) is 2.46. The Morgan fingerprint density at radius 1 is 1.35 bits per heavy atom. The molecule has 0 aliphatic heterocycles. The van der Waals surface area contributed by atoms with Crippen LogP contribution < -0.4 is 11.1 Å². The Hall–Kier alpha value is -1.03. The molecule has 3 rings (SSSR count). The Morgan fingerprint density at radius 3 is 2.50 bits per heavy atom. The monoisotopic (exact) mass is 292 g/mol. The first kappa shape index (κ1) is 13.9. The molecule has 2 aliphatic rings. The molecule has 0 unspecified atom stereocenters. The molecule has 0 saturated heterocycles. The van der Waals surface area contributed by atoms with E-state index >= 15 is 0 Å². The first-order valence-electron chi connectivity index (χ1n) is 7.67. The topological polar surface area (TPSA) is 55.1 Å². The lowest BCUT2D eigenvalue weighted by Gasteiger charge is -2.27. The van der Waals surface area contributed by atoms with Gasteiger partial charge in [0.15, 0.2) is 5.78 Å². The zero-order valence-corrected chi connectivity index (χ0v) is 13.4. The van der Waals surface area contributed by atoms with Crippen LogP contribution in [0.1, 0.15) is 74.0 Å². The van der Waals surface area contributed by atoms with Gasteiger partial charge in [0.2, 0.25) is 0 Å². The van der Waals surface area contributed by atoms with E-state index in [0.717, 1.165) is 21.5 Å². The van der Waals surface area contributed by atoms with Crippen LogP contribution >= 0.6 is 11.3 Å². The molecular formula is C16H24N2OS. The average Bonchev–Trinajstić information content (AvgIpc) is 3.26. The molecule has 2 aliphatic carbocycles. The fourth-order valence-corrected chi connectivity index (χ4v) is 4.28. The fourth-order valence-electron chi connectivity index (χ4n) is 2.89. The van der Waals surface area contributed by atoms with Crippen molar-refractivity contribution in [3.05, 3.63) is 10.4 Å². The number of ketones is 1. The molecule has 0 atom stereocenters. The molecule has 1 heterocycles. The van der Waals surface area contributed by atoms with Crippen LogP contribution in [0, 0.1) is 5.92 Å². The summed E-state index contributed by atoms with van der Waals surface area (Å²) >= 11 is 1.57. The van der Waals surface area contributed by atoms with Crippen molar-refractivity contribution in [2.75, 3.05) is 11.1 Å². The van der Waals surface area contributed by atoms with Crippen molar-refractivity contribution >= 4 is 27.8 Å². The summed E-state index contributed by atoms with van der Waals surface area (Å²) < 4.78 is 0. The summed E-state index contributed by atoms with van der Waals surface area (Å²) in [4.78, 5) is 12.8. The highest BCUT2D eigenvalue weighted by molar-refractivity contribution is 7.18. The first-order chi connectivity index (χ1) is 9.44. The number of thiophene rings is 1. The molecule has 1 aromatic rings. The van der Waals surface area contributed by atoms with Crippen LogP contribution in [0.2, 0.25) is 0 Å². The standard InChI is InChI=1S/C16H24N2OS/c1-4-11(19)14-13(17)12(9-5-6-9)15(20-14)18-16(2,3)10-7-8-10/h9-10,18H,4-8,17H2,1-3H3. The molecule has 110 valence electrons. The number of rotatable bonds is 6. The van der Waals surface area contributed by atoms with Crippen LogP contribution in [0.5, 0.6) is 0 Å². The molecule has 3 N–H and O–H groups in total. The minimum atomic E-state index is 0.105. The average molecular weight is 292 g/mol. The molecule has 3 nitrogen and oxygen atoms in total. The Labute approximate surface area is 124 Å². The fraction of sp³-hybridized carbons (Fsp3) is 0.688. The molecule has 1 aromatic heterocycles. The zero-order chi connectivity index (χ0) is 14.5. The van der Waals surface area contributed by atoms with Crippen LogP contribution in [0.4, 0.5) is 10.7 Å². The second-order valence-corrected chi connectivity index (χ2v) is 7.78. The normalized spacial score (nSPS) is 19.1. The second-order valence-electron chi connectivity index (χ2n) is 6.76. The molecule has 0 amide bonds. The highest BCUT2D eigenvalue weighted by atomic mass is 32.1. The van der Waals surface area contributed by atoms with Crippen molar-refractivity contribution in [1.29, 1.82) is 0 Å². The van der Waals surface area contributed by atoms with Gasteiger partial charge in [-0.25, -0.2) is 0 Å². The smallest absolute Gasteiger partial charge is 0.174 e. The number of hydrogen-bond donors (Lipinski definition) is 2. The van der Waals surface area contributed by atoms with E-state index in [0.29, 0.717) is 12.3 Å². The number of anilines is 2. The number of nitrogens with two attached hydrogens (primary N) is 1. The van der Waals surface area contributed by atoms with Gasteiger partial charge in [0, 0.05) is 17.5 Å². The van der Waals surface area contributed by atoms with Gasteiger partial charge < -0.3 is 11.1 Å². The van der Waals surface area contributed by atoms with Gasteiger partial charge >= 0.3 is 0 Å². The maximum atomic E-state index is 12.1. The van der Waals surface area contributed by atoms with Crippen LogP contribution in [0.25, 0.3) is 0 Å². The largest absolute Gasteiger partial charge is 0.397 e. The van der Waals surface area contributed by atoms with Gasteiger partial charge in [0.05, 0.1) is 15.6 Å². The lowest BCUT2D eigenvalue weighted by atomic mass is 9.98. The second kappa shape index (κ2) is 4.76. The Morgan fingerprint density at radius 2 is 2.00 bits per heavy atom. The predicted molar refractivity (Wildman–Crippen MR) is 85.8 cm³/mol. The number of nitrogen functional groups attached to an aromatic ring is 1. The van der Waals surface area contributed by atoms with E-state index < -0.39 is 0 Å². The highest BCUT2D eigenvalue weighted by Crippen LogP contribution is 2.52. The quantitative estimate of drug-likeness (QED) is 0.764. The molecule has 4 heteroatoms. The zero-order valence-electron chi connectivity index (χ0n) is 12.6. The maximum Gasteiger partial charge on any atom is 0.174 e. The van der Waals surface area contributed by atoms with E-state index in [1.165, 1.54) is 31.2 Å². The minimum Gasteiger partial charge on any atom is -0.397 e. The molecule has 0 bridgehead atoms. The summed E-state index contributed by atoms with van der Waals surface area (Å²) in [5, 5.41) is 4.85. The Bertz CT molecular complexity index is 539. The lowest BCUT2D eigenvalue weighted by Crippen LogP contribution is -2.33. The van der Waals surface area contributed by atoms with Crippen molar-refractivity contribution in [2.45, 2.75) is 64.3 Å². The predicted octanol–water partition coefficient (Wildman–Crippen LogP) is 4.40. The number of carbonyl (C=O) groups is 1. The Balaban J connectivity index is 1.94. The van der Waals surface area contributed by atoms with E-state index in [1.807, 2.05) is 6.92 Å². The summed E-state index contributed by atoms with van der Waals surface area (Å²) in [5.74, 6) is 1.50. The van der Waals surface area contributed by atoms with Gasteiger partial charge in [-0.05, 0) is 51.4 Å². The molecule has 0 radical (unpaired) electrons. The molecule has 2 saturated carbocycles. The van der Waals surface area contributed by atoms with Gasteiger partial charge in [-0.3, -0.25) is 4.79 Å². The molecule has 20 heavy (non-hydrogen) atoms. The molecule has 2 fully saturated rings. The van der Waals surface area contributed by atoms with Gasteiger partial charge in [0.25, 0.3) is 0 Å². The van der Waals surface area contributed by atoms with Crippen molar-refractivity contribution in [3.63, 3.8) is 0 Å². The van der Waals surface area contributed by atoms with Crippen LogP contribution in [-0.4, -0.2) is 11.3 Å². The van der Waals surface area contributed by atoms with E-state index in [4.69, 9.17) is 5.73 Å². The number of Topliss-reactive ketones (excluding diaryl/α,β-unsaturated/α-hetero) is 1. The Kier molecular flexibility index (Phi) is 3.32. The third-order valence-electron chi connectivity index (χ3n) is 4.58. The molecule has 0 aromatic carbocycles. The van der Waals surface area contributed by atoms with Crippen molar-refractivity contribution in [2.24, 2.45) is 5.92 Å². The van der Waals surface area contributed by atoms with Gasteiger partial charge in [-0.1, -0.05) is 6.92 Å². The van der Waals surface area contributed by atoms with Crippen LogP contribution in [0.15, 0.2) is 0 Å². The summed E-state index contributed by atoms with van der Waals surface area (Å²) in [5.41, 5.74) is 8.36. The van der Waals surface area contributed by atoms with Crippen LogP contribution in [0.3, 0.4) is 0 Å². The van der Waals surface area contributed by atoms with Gasteiger partial charge in [0.1, 0.15) is 0 Å². The summed E-state index contributed by atoms with van der Waals surface area (Å²) in [6.45, 7) is 6.43. The summed E-state index contributed by atoms with van der Waals surface area (Å²) in [6.07, 6.45) is 5.56. The maximum absolute atomic E-state index is 12.1. The van der Waals surface area contributed by atoms with E-state index in [9.17, 15) is 4.79 Å². The summed E-state index contributed by atoms with van der Waals surface area (Å²) in [6, 6.07) is 0. The molecular weight excluding hydrogens is 268 g/mol. The van der Waals surface area contributed by atoms with E-state index in [1.54, 1.807) is 11.3 Å². The van der Waals surface area contributed by atoms with Crippen molar-refractivity contribution in [3.8, 4) is 0 Å².